The van der Waals surface area contributed by atoms with E-state index in [-0.39, 0.29) is 45.5 Å². The number of alkyl halides is 3. The van der Waals surface area contributed by atoms with Gasteiger partial charge in [-0.1, -0.05) is 34.3 Å². The van der Waals surface area contributed by atoms with Crippen molar-refractivity contribution in [3.63, 3.8) is 0 Å². The van der Waals surface area contributed by atoms with Crippen LogP contribution in [0.2, 0.25) is 5.02 Å². The van der Waals surface area contributed by atoms with Crippen molar-refractivity contribution in [2.45, 2.75) is 54.4 Å². The average Bonchev–Trinajstić information content (AvgIpc) is 2.96. The van der Waals surface area contributed by atoms with Crippen LogP contribution < -0.4 is 14.5 Å². The highest BCUT2D eigenvalue weighted by atomic mass is 35.5. The van der Waals surface area contributed by atoms with Crippen molar-refractivity contribution in [2.75, 3.05) is 24.6 Å². The van der Waals surface area contributed by atoms with Crippen LogP contribution in [0.3, 0.4) is 0 Å². The number of rotatable bonds is 10. The average molecular weight is 658 g/mol. The van der Waals surface area contributed by atoms with E-state index in [0.717, 1.165) is 43.7 Å². The molecule has 236 valence electrons. The summed E-state index contributed by atoms with van der Waals surface area (Å²) in [5, 5.41) is 2.98. The van der Waals surface area contributed by atoms with E-state index in [9.17, 15) is 26.4 Å². The van der Waals surface area contributed by atoms with Gasteiger partial charge < -0.3 is 14.9 Å². The van der Waals surface area contributed by atoms with Crippen LogP contribution in [0.1, 0.15) is 36.3 Å². The van der Waals surface area contributed by atoms with Crippen molar-refractivity contribution in [2.24, 2.45) is 0 Å². The lowest BCUT2D eigenvalue weighted by atomic mass is 9.78. The Morgan fingerprint density at radius 1 is 1.14 bits per heavy atom. The summed E-state index contributed by atoms with van der Waals surface area (Å²) in [4.78, 5) is 24.3. The number of ether oxygens (including phenoxy) is 1. The Hall–Kier alpha value is -3.53. The molecule has 2 aliphatic rings. The number of aromatic nitrogens is 2. The van der Waals surface area contributed by atoms with Gasteiger partial charge in [0, 0.05) is 43.5 Å². The fraction of sp³-hybridized carbons (Fsp3) is 0.393. The number of carbonyl (C=O) groups excluding carboxylic acids is 1. The third-order valence-corrected chi connectivity index (χ3v) is 9.83. The summed E-state index contributed by atoms with van der Waals surface area (Å²) in [5.74, 6) is -1.86. The normalized spacial score (nSPS) is 21.0. The number of carbonyl (C=O) groups is 1. The van der Waals surface area contributed by atoms with Crippen molar-refractivity contribution in [1.82, 2.24) is 20.2 Å². The number of nitrogens with one attached hydrogen (secondary N) is 1. The van der Waals surface area contributed by atoms with E-state index in [1.807, 2.05) is 7.05 Å². The highest BCUT2D eigenvalue weighted by molar-refractivity contribution is 7.92. The van der Waals surface area contributed by atoms with Crippen LogP contribution in [-0.4, -0.2) is 68.1 Å². The second kappa shape index (κ2) is 12.8. The van der Waals surface area contributed by atoms with E-state index in [4.69, 9.17) is 16.3 Å². The molecule has 16 heteroatoms. The second-order valence-electron chi connectivity index (χ2n) is 10.5. The van der Waals surface area contributed by atoms with E-state index in [1.54, 1.807) is 6.07 Å². The molecule has 1 aromatic heterocycles. The van der Waals surface area contributed by atoms with E-state index in [0.29, 0.717) is 24.8 Å². The summed E-state index contributed by atoms with van der Waals surface area (Å²) in [7, 11) is -2.91. The first-order chi connectivity index (χ1) is 20.9. The van der Waals surface area contributed by atoms with E-state index >= 15 is 4.39 Å². The molecule has 3 aromatic rings. The molecule has 0 spiro atoms. The molecule has 1 aliphatic carbocycles. The fourth-order valence-corrected chi connectivity index (χ4v) is 7.03. The molecule has 2 aromatic carbocycles. The first kappa shape index (κ1) is 31.9. The molecule has 1 saturated carbocycles. The summed E-state index contributed by atoms with van der Waals surface area (Å²) >= 11 is 6.43. The topological polar surface area (TPSA) is 114 Å². The van der Waals surface area contributed by atoms with Crippen molar-refractivity contribution >= 4 is 33.9 Å². The SMILES string of the molecule is CN(C1CNC1)[C@H]1C[C@@H](c2cccc(C(F)(F)F)c2)CC[C@@H]1Oc1cc(F)c(S(=O)(=O)N(OC=O)c2ccncn2)cc1Cl. The standard InChI is InChI=1S/C28H28ClF4N5O5S/c1-37(20-13-35-14-20)23-10-18(17-3-2-4-19(9-17)28(31,32)33)5-6-24(23)43-25-12-22(30)26(11-21(25)29)44(40,41)38(42-16-39)27-7-8-34-15-36-27/h2-4,7-9,11-12,15-16,18,20,23-24,35H,5-6,10,13-14H2,1H3/t18-,23-,24-/m0/s1. The Bertz CT molecular complexity index is 1600. The van der Waals surface area contributed by atoms with Crippen LogP contribution in [-0.2, 0) is 25.8 Å². The summed E-state index contributed by atoms with van der Waals surface area (Å²) in [5.41, 5.74) is -0.136. The first-order valence-corrected chi connectivity index (χ1v) is 15.4. The molecular weight excluding hydrogens is 630 g/mol. The zero-order valence-corrected chi connectivity index (χ0v) is 24.8. The zero-order chi connectivity index (χ0) is 31.6. The summed E-state index contributed by atoms with van der Waals surface area (Å²) in [6, 6.07) is 8.04. The van der Waals surface area contributed by atoms with Gasteiger partial charge in [0.05, 0.1) is 10.6 Å². The molecule has 3 atom stereocenters. The largest absolute Gasteiger partial charge is 0.487 e. The summed E-state index contributed by atoms with van der Waals surface area (Å²) in [6.45, 7) is 1.30. The number of sulfonamides is 1. The number of nitrogens with zero attached hydrogens (tertiary/aromatic N) is 4. The van der Waals surface area contributed by atoms with Gasteiger partial charge in [-0.3, -0.25) is 9.69 Å². The molecular formula is C28H28ClF4N5O5S. The lowest BCUT2D eigenvalue weighted by Gasteiger charge is -2.46. The fourth-order valence-electron chi connectivity index (χ4n) is 5.50. The zero-order valence-electron chi connectivity index (χ0n) is 23.2. The molecule has 0 unspecified atom stereocenters. The van der Waals surface area contributed by atoms with Crippen LogP contribution in [0.25, 0.3) is 0 Å². The van der Waals surface area contributed by atoms with E-state index in [2.05, 4.69) is 25.0 Å². The van der Waals surface area contributed by atoms with Crippen LogP contribution in [0.15, 0.2) is 59.9 Å². The smallest absolute Gasteiger partial charge is 0.416 e. The third kappa shape index (κ3) is 6.60. The Morgan fingerprint density at radius 2 is 1.91 bits per heavy atom. The molecule has 10 nitrogen and oxygen atoms in total. The predicted octanol–water partition coefficient (Wildman–Crippen LogP) is 4.56. The Morgan fingerprint density at radius 3 is 2.55 bits per heavy atom. The number of anilines is 1. The molecule has 1 aliphatic heterocycles. The Balaban J connectivity index is 1.41. The molecule has 0 radical (unpaired) electrons. The molecule has 1 N–H and O–H groups in total. The minimum Gasteiger partial charge on any atom is -0.487 e. The first-order valence-electron chi connectivity index (χ1n) is 13.6. The van der Waals surface area contributed by atoms with Gasteiger partial charge in [-0.2, -0.15) is 21.6 Å². The van der Waals surface area contributed by atoms with E-state index in [1.165, 1.54) is 18.3 Å². The van der Waals surface area contributed by atoms with Gasteiger partial charge in [0.15, 0.2) is 5.82 Å². The molecule has 0 bridgehead atoms. The van der Waals surface area contributed by atoms with Gasteiger partial charge in [-0.15, -0.1) is 0 Å². The minimum atomic E-state index is -4.82. The highest BCUT2D eigenvalue weighted by Gasteiger charge is 2.40. The van der Waals surface area contributed by atoms with Gasteiger partial charge in [-0.05, 0) is 49.9 Å². The van der Waals surface area contributed by atoms with Crippen LogP contribution >= 0.6 is 11.6 Å². The second-order valence-corrected chi connectivity index (χ2v) is 12.7. The number of likely N-dealkylation sites (N-methyl/N-ethyl adjacent to an activating group) is 1. The monoisotopic (exact) mass is 657 g/mol. The lowest BCUT2D eigenvalue weighted by Crippen LogP contribution is -2.62. The number of hydrogen-bond donors (Lipinski definition) is 1. The van der Waals surface area contributed by atoms with Crippen LogP contribution in [0, 0.1) is 5.82 Å². The molecule has 5 rings (SSSR count). The number of halogens is 5. The maximum atomic E-state index is 15.4. The Labute approximate surface area is 255 Å². The summed E-state index contributed by atoms with van der Waals surface area (Å²) in [6.07, 6.45) is -1.38. The minimum absolute atomic E-state index is 0.110. The van der Waals surface area contributed by atoms with Gasteiger partial charge in [0.2, 0.25) is 0 Å². The van der Waals surface area contributed by atoms with Crippen molar-refractivity contribution in [3.8, 4) is 5.75 Å². The molecule has 44 heavy (non-hydrogen) atoms. The highest BCUT2D eigenvalue weighted by Crippen LogP contribution is 2.41. The van der Waals surface area contributed by atoms with Gasteiger partial charge >= 0.3 is 12.6 Å². The van der Waals surface area contributed by atoms with Crippen LogP contribution in [0.4, 0.5) is 23.4 Å². The van der Waals surface area contributed by atoms with E-state index < -0.39 is 38.6 Å². The quantitative estimate of drug-likeness (QED) is 0.190. The van der Waals surface area contributed by atoms with Crippen molar-refractivity contribution in [3.05, 3.63) is 77.0 Å². The van der Waals surface area contributed by atoms with Crippen molar-refractivity contribution < 1.29 is 40.3 Å². The molecule has 2 fully saturated rings. The number of benzene rings is 2. The lowest BCUT2D eigenvalue weighted by molar-refractivity contribution is -0.137. The molecule has 0 amide bonds. The number of hydrogen-bond acceptors (Lipinski definition) is 9. The predicted molar refractivity (Wildman–Crippen MR) is 151 cm³/mol. The molecule has 1 saturated heterocycles. The third-order valence-electron chi connectivity index (χ3n) is 7.95. The van der Waals surface area contributed by atoms with Gasteiger partial charge in [-0.25, -0.2) is 14.4 Å². The maximum Gasteiger partial charge on any atom is 0.416 e. The van der Waals surface area contributed by atoms with Crippen molar-refractivity contribution in [1.29, 1.82) is 0 Å². The Kier molecular flexibility index (Phi) is 9.30. The maximum absolute atomic E-state index is 15.4. The van der Waals surface area contributed by atoms with Crippen LogP contribution in [0.5, 0.6) is 5.75 Å². The van der Waals surface area contributed by atoms with Gasteiger partial charge in [0.25, 0.3) is 10.0 Å². The molecule has 2 heterocycles. The summed E-state index contributed by atoms with van der Waals surface area (Å²) < 4.78 is 88.5. The van der Waals surface area contributed by atoms with Gasteiger partial charge in [0.1, 0.15) is 28.9 Å².